The third-order valence-corrected chi connectivity index (χ3v) is 5.79. The molecule has 2 aromatic carbocycles. The number of hydrogen-bond donors (Lipinski definition) is 1. The van der Waals surface area contributed by atoms with Gasteiger partial charge in [-0.1, -0.05) is 36.4 Å². The highest BCUT2D eigenvalue weighted by Crippen LogP contribution is 2.45. The predicted octanol–water partition coefficient (Wildman–Crippen LogP) is 3.09. The van der Waals surface area contributed by atoms with Crippen LogP contribution >= 0.6 is 7.37 Å². The predicted molar refractivity (Wildman–Crippen MR) is 91.6 cm³/mol. The van der Waals surface area contributed by atoms with Crippen molar-refractivity contribution in [2.45, 2.75) is 0 Å². The highest BCUT2D eigenvalue weighted by molar-refractivity contribution is 7.74. The zero-order valence-corrected chi connectivity index (χ0v) is 13.5. The Balaban J connectivity index is 2.15. The van der Waals surface area contributed by atoms with Crippen LogP contribution in [0.3, 0.4) is 0 Å². The molecule has 0 amide bonds. The lowest BCUT2D eigenvalue weighted by Gasteiger charge is -2.20. The van der Waals surface area contributed by atoms with Gasteiger partial charge in [-0.05, 0) is 36.4 Å². The van der Waals surface area contributed by atoms with Crippen LogP contribution in [0.1, 0.15) is 10.4 Å². The van der Waals surface area contributed by atoms with Crippen molar-refractivity contribution in [2.24, 2.45) is 0 Å². The van der Waals surface area contributed by atoms with Gasteiger partial charge in [0.05, 0.1) is 10.6 Å². The average Bonchev–Trinajstić information content (AvgIpc) is 2.63. The molecule has 0 unspecified atom stereocenters. The maximum Gasteiger partial charge on any atom is 0.341 e. The second kappa shape index (κ2) is 6.69. The summed E-state index contributed by atoms with van der Waals surface area (Å²) >= 11 is 0. The Hall–Kier alpha value is -2.91. The van der Waals surface area contributed by atoms with E-state index in [9.17, 15) is 14.5 Å². The Kier molecular flexibility index (Phi) is 4.45. The normalized spacial score (nSPS) is 11.0. The van der Waals surface area contributed by atoms with Crippen LogP contribution in [0.15, 0.2) is 79.0 Å². The quantitative estimate of drug-likeness (QED) is 0.723. The van der Waals surface area contributed by atoms with Gasteiger partial charge < -0.3 is 9.63 Å². The Morgan fingerprint density at radius 3 is 1.92 bits per heavy atom. The Bertz CT molecular complexity index is 854. The monoisotopic (exact) mass is 339 g/mol. The third kappa shape index (κ3) is 3.07. The lowest BCUT2D eigenvalue weighted by Crippen LogP contribution is -2.21. The number of benzene rings is 2. The van der Waals surface area contributed by atoms with E-state index >= 15 is 0 Å². The molecule has 6 heteroatoms. The molecule has 3 aromatic rings. The van der Waals surface area contributed by atoms with Crippen LogP contribution in [0, 0.1) is 0 Å². The highest BCUT2D eigenvalue weighted by atomic mass is 31.2. The summed E-state index contributed by atoms with van der Waals surface area (Å²) in [5, 5.41) is 10.2. The van der Waals surface area contributed by atoms with E-state index in [1.807, 2.05) is 12.1 Å². The Morgan fingerprint density at radius 1 is 0.875 bits per heavy atom. The van der Waals surface area contributed by atoms with E-state index in [4.69, 9.17) is 4.52 Å². The number of nitrogens with zero attached hydrogens (tertiary/aromatic N) is 1. The fraction of sp³-hybridized carbons (Fsp3) is 0. The molecule has 1 heterocycles. The molecule has 0 atom stereocenters. The second-order valence-electron chi connectivity index (χ2n) is 4.98. The molecule has 0 spiro atoms. The maximum absolute atomic E-state index is 13.7. The largest absolute Gasteiger partial charge is 0.477 e. The minimum Gasteiger partial charge on any atom is -0.477 e. The number of hydrogen-bond acceptors (Lipinski definition) is 4. The van der Waals surface area contributed by atoms with Crippen molar-refractivity contribution >= 4 is 23.9 Å². The molecule has 120 valence electrons. The van der Waals surface area contributed by atoms with Crippen molar-refractivity contribution < 1.29 is 19.0 Å². The summed E-state index contributed by atoms with van der Waals surface area (Å²) in [6.07, 6.45) is 1.40. The number of aromatic nitrogens is 1. The first kappa shape index (κ1) is 16.0. The molecule has 0 saturated carbocycles. The molecular formula is C18H14NO4P. The van der Waals surface area contributed by atoms with E-state index in [0.717, 1.165) is 0 Å². The van der Waals surface area contributed by atoms with Gasteiger partial charge in [-0.3, -0.25) is 4.57 Å². The average molecular weight is 339 g/mol. The summed E-state index contributed by atoms with van der Waals surface area (Å²) < 4.78 is 19.4. The molecule has 0 radical (unpaired) electrons. The van der Waals surface area contributed by atoms with Crippen molar-refractivity contribution in [3.05, 3.63) is 84.6 Å². The van der Waals surface area contributed by atoms with Gasteiger partial charge in [0.1, 0.15) is 5.56 Å². The van der Waals surface area contributed by atoms with Gasteiger partial charge in [-0.2, -0.15) is 0 Å². The van der Waals surface area contributed by atoms with E-state index < -0.39 is 13.3 Å². The highest BCUT2D eigenvalue weighted by Gasteiger charge is 2.32. The molecule has 0 bridgehead atoms. The second-order valence-corrected chi connectivity index (χ2v) is 7.29. The number of carboxylic acid groups (broad SMARTS) is 1. The third-order valence-electron chi connectivity index (χ3n) is 3.41. The Labute approximate surface area is 139 Å². The molecule has 24 heavy (non-hydrogen) atoms. The molecule has 1 N–H and O–H groups in total. The summed E-state index contributed by atoms with van der Waals surface area (Å²) in [5.41, 5.74) is -0.135. The molecule has 5 nitrogen and oxygen atoms in total. The topological polar surface area (TPSA) is 76.5 Å². The van der Waals surface area contributed by atoms with Crippen LogP contribution in [0.4, 0.5) is 0 Å². The molecule has 1 aromatic heterocycles. The summed E-state index contributed by atoms with van der Waals surface area (Å²) in [6, 6.07) is 20.3. The maximum atomic E-state index is 13.7. The van der Waals surface area contributed by atoms with E-state index in [1.54, 1.807) is 48.5 Å². The first-order valence-electron chi connectivity index (χ1n) is 7.20. The van der Waals surface area contributed by atoms with Crippen molar-refractivity contribution in [3.63, 3.8) is 0 Å². The van der Waals surface area contributed by atoms with Crippen LogP contribution < -0.4 is 15.1 Å². The van der Waals surface area contributed by atoms with E-state index in [-0.39, 0.29) is 11.4 Å². The number of pyridine rings is 1. The van der Waals surface area contributed by atoms with Gasteiger partial charge in [-0.25, -0.2) is 9.78 Å². The number of aromatic carboxylic acids is 1. The van der Waals surface area contributed by atoms with Gasteiger partial charge in [0.25, 0.3) is 0 Å². The smallest absolute Gasteiger partial charge is 0.341 e. The fourth-order valence-electron chi connectivity index (χ4n) is 2.25. The summed E-state index contributed by atoms with van der Waals surface area (Å²) in [4.78, 5) is 15.3. The van der Waals surface area contributed by atoms with Gasteiger partial charge >= 0.3 is 13.3 Å². The summed E-state index contributed by atoms with van der Waals surface area (Å²) in [6.45, 7) is 0. The SMILES string of the molecule is O=C(O)c1cccnc1OP(=O)(c1ccccc1)c1ccccc1. The zero-order valence-electron chi connectivity index (χ0n) is 12.6. The number of carboxylic acids is 1. The van der Waals surface area contributed by atoms with Crippen molar-refractivity contribution in [1.82, 2.24) is 4.98 Å². The van der Waals surface area contributed by atoms with Crippen LogP contribution in [-0.4, -0.2) is 16.1 Å². The van der Waals surface area contributed by atoms with Gasteiger partial charge in [0.2, 0.25) is 5.88 Å². The molecule has 0 aliphatic heterocycles. The fourth-order valence-corrected chi connectivity index (χ4v) is 4.28. The zero-order chi connectivity index (χ0) is 17.0. The van der Waals surface area contributed by atoms with Gasteiger partial charge in [-0.15, -0.1) is 0 Å². The minimum atomic E-state index is -3.54. The Morgan fingerprint density at radius 2 is 1.42 bits per heavy atom. The van der Waals surface area contributed by atoms with Crippen molar-refractivity contribution in [1.29, 1.82) is 0 Å². The standard InChI is InChI=1S/C18H14NO4P/c20-18(21)16-12-7-13-19-17(16)23-24(22,14-8-3-1-4-9-14)15-10-5-2-6-11-15/h1-13H,(H,20,21). The molecule has 0 saturated heterocycles. The first-order chi connectivity index (χ1) is 11.6. The lowest BCUT2D eigenvalue weighted by atomic mass is 10.3. The first-order valence-corrected chi connectivity index (χ1v) is 8.83. The minimum absolute atomic E-state index is 0.135. The lowest BCUT2D eigenvalue weighted by molar-refractivity contribution is 0.0694. The summed E-state index contributed by atoms with van der Waals surface area (Å²) in [5.74, 6) is -1.35. The van der Waals surface area contributed by atoms with Crippen molar-refractivity contribution in [3.8, 4) is 5.88 Å². The van der Waals surface area contributed by atoms with Gasteiger partial charge in [0.15, 0.2) is 0 Å². The van der Waals surface area contributed by atoms with Crippen LogP contribution in [0.5, 0.6) is 5.88 Å². The van der Waals surface area contributed by atoms with Crippen LogP contribution in [0.2, 0.25) is 0 Å². The van der Waals surface area contributed by atoms with E-state index in [1.165, 1.54) is 18.3 Å². The molecule has 0 aliphatic rings. The number of carbonyl (C=O) groups is 1. The van der Waals surface area contributed by atoms with Crippen LogP contribution in [-0.2, 0) is 4.57 Å². The van der Waals surface area contributed by atoms with Crippen LogP contribution in [0.25, 0.3) is 0 Å². The number of rotatable bonds is 5. The van der Waals surface area contributed by atoms with Gasteiger partial charge in [0, 0.05) is 6.20 Å². The van der Waals surface area contributed by atoms with Crippen molar-refractivity contribution in [2.75, 3.05) is 0 Å². The van der Waals surface area contributed by atoms with E-state index in [0.29, 0.717) is 10.6 Å². The molecule has 0 aliphatic carbocycles. The summed E-state index contributed by atoms with van der Waals surface area (Å²) in [7, 11) is -3.54. The molecular weight excluding hydrogens is 325 g/mol. The molecule has 3 rings (SSSR count). The molecule has 0 fully saturated rings. The van der Waals surface area contributed by atoms with E-state index in [2.05, 4.69) is 4.98 Å².